The van der Waals surface area contributed by atoms with Crippen molar-refractivity contribution in [2.24, 2.45) is 4.99 Å². The molecular formula is C16H28N6O. The molecule has 1 aromatic rings. The van der Waals surface area contributed by atoms with Gasteiger partial charge >= 0.3 is 0 Å². The summed E-state index contributed by atoms with van der Waals surface area (Å²) in [6.45, 7) is 8.27. The second kappa shape index (κ2) is 9.99. The summed E-state index contributed by atoms with van der Waals surface area (Å²) < 4.78 is 5.35. The van der Waals surface area contributed by atoms with Gasteiger partial charge in [0.1, 0.15) is 0 Å². The highest BCUT2D eigenvalue weighted by Crippen LogP contribution is 2.09. The SMILES string of the molecule is CCOCCCCNC(=NC)N1CCN(c2ncccn2)CC1. The van der Waals surface area contributed by atoms with Gasteiger partial charge in [0, 0.05) is 65.4 Å². The molecule has 7 heteroatoms. The van der Waals surface area contributed by atoms with Gasteiger partial charge in [-0.3, -0.25) is 4.99 Å². The number of piperazine rings is 1. The minimum absolute atomic E-state index is 0.796. The normalized spacial score (nSPS) is 15.8. The minimum Gasteiger partial charge on any atom is -0.382 e. The Hall–Kier alpha value is -1.89. The first-order valence-corrected chi connectivity index (χ1v) is 8.40. The largest absolute Gasteiger partial charge is 0.382 e. The molecule has 1 aliphatic heterocycles. The lowest BCUT2D eigenvalue weighted by molar-refractivity contribution is 0.143. The smallest absolute Gasteiger partial charge is 0.225 e. The van der Waals surface area contributed by atoms with Gasteiger partial charge in [-0.2, -0.15) is 0 Å². The number of hydrogen-bond donors (Lipinski definition) is 1. The summed E-state index contributed by atoms with van der Waals surface area (Å²) in [6, 6.07) is 1.84. The van der Waals surface area contributed by atoms with Crippen molar-refractivity contribution in [3.8, 4) is 0 Å². The Labute approximate surface area is 138 Å². The molecule has 0 saturated carbocycles. The third-order valence-electron chi connectivity index (χ3n) is 3.83. The van der Waals surface area contributed by atoms with Crippen LogP contribution in [-0.4, -0.2) is 73.8 Å². The molecule has 1 saturated heterocycles. The lowest BCUT2D eigenvalue weighted by Crippen LogP contribution is -2.53. The molecule has 0 radical (unpaired) electrons. The summed E-state index contributed by atoms with van der Waals surface area (Å²) in [7, 11) is 1.84. The van der Waals surface area contributed by atoms with Gasteiger partial charge < -0.3 is 19.9 Å². The third kappa shape index (κ3) is 5.67. The molecule has 0 atom stereocenters. The minimum atomic E-state index is 0.796. The maximum absolute atomic E-state index is 5.35. The summed E-state index contributed by atoms with van der Waals surface area (Å²) in [5.74, 6) is 1.79. The Kier molecular flexibility index (Phi) is 7.59. The predicted octanol–water partition coefficient (Wildman–Crippen LogP) is 0.991. The van der Waals surface area contributed by atoms with Crippen LogP contribution in [0.5, 0.6) is 0 Å². The molecule has 1 fully saturated rings. The summed E-state index contributed by atoms with van der Waals surface area (Å²) in [5, 5.41) is 3.44. The van der Waals surface area contributed by atoms with E-state index in [1.807, 2.05) is 20.0 Å². The first-order chi connectivity index (χ1) is 11.3. The van der Waals surface area contributed by atoms with Crippen LogP contribution in [0.2, 0.25) is 0 Å². The lowest BCUT2D eigenvalue weighted by atomic mass is 10.3. The van der Waals surface area contributed by atoms with E-state index in [2.05, 4.69) is 30.1 Å². The molecule has 0 unspecified atom stereocenters. The first-order valence-electron chi connectivity index (χ1n) is 8.40. The number of nitrogens with one attached hydrogen (secondary N) is 1. The number of aromatic nitrogens is 2. The van der Waals surface area contributed by atoms with E-state index in [-0.39, 0.29) is 0 Å². The van der Waals surface area contributed by atoms with Crippen molar-refractivity contribution >= 4 is 11.9 Å². The van der Waals surface area contributed by atoms with Gasteiger partial charge in [-0.15, -0.1) is 0 Å². The molecule has 0 amide bonds. The molecule has 1 aliphatic rings. The number of hydrogen-bond acceptors (Lipinski definition) is 5. The highest BCUT2D eigenvalue weighted by Gasteiger charge is 2.20. The lowest BCUT2D eigenvalue weighted by Gasteiger charge is -2.36. The Balaban J connectivity index is 1.70. The van der Waals surface area contributed by atoms with Crippen LogP contribution in [0, 0.1) is 0 Å². The van der Waals surface area contributed by atoms with E-state index in [0.29, 0.717) is 0 Å². The molecule has 23 heavy (non-hydrogen) atoms. The highest BCUT2D eigenvalue weighted by molar-refractivity contribution is 5.80. The molecule has 0 aromatic carbocycles. The van der Waals surface area contributed by atoms with Crippen molar-refractivity contribution in [3.05, 3.63) is 18.5 Å². The van der Waals surface area contributed by atoms with Crippen LogP contribution >= 0.6 is 0 Å². The van der Waals surface area contributed by atoms with E-state index in [4.69, 9.17) is 4.74 Å². The number of unbranched alkanes of at least 4 members (excludes halogenated alkanes) is 1. The van der Waals surface area contributed by atoms with Gasteiger partial charge in [-0.1, -0.05) is 0 Å². The van der Waals surface area contributed by atoms with E-state index in [1.54, 1.807) is 12.4 Å². The molecule has 128 valence electrons. The van der Waals surface area contributed by atoms with Gasteiger partial charge in [-0.25, -0.2) is 9.97 Å². The Morgan fingerprint density at radius 1 is 1.22 bits per heavy atom. The van der Waals surface area contributed by atoms with Crippen LogP contribution in [0.15, 0.2) is 23.5 Å². The molecule has 2 heterocycles. The zero-order valence-electron chi connectivity index (χ0n) is 14.2. The fourth-order valence-corrected chi connectivity index (χ4v) is 2.58. The van der Waals surface area contributed by atoms with Crippen LogP contribution < -0.4 is 10.2 Å². The van der Waals surface area contributed by atoms with E-state index in [0.717, 1.165) is 70.7 Å². The van der Waals surface area contributed by atoms with Crippen molar-refractivity contribution in [2.75, 3.05) is 57.9 Å². The maximum Gasteiger partial charge on any atom is 0.225 e. The molecule has 1 aromatic heterocycles. The second-order valence-electron chi connectivity index (χ2n) is 5.40. The van der Waals surface area contributed by atoms with Gasteiger partial charge in [-0.05, 0) is 25.8 Å². The van der Waals surface area contributed by atoms with Gasteiger partial charge in [0.15, 0.2) is 5.96 Å². The quantitative estimate of drug-likeness (QED) is 0.459. The molecule has 0 aliphatic carbocycles. The molecule has 0 bridgehead atoms. The molecule has 7 nitrogen and oxygen atoms in total. The van der Waals surface area contributed by atoms with Crippen LogP contribution in [0.25, 0.3) is 0 Å². The second-order valence-corrected chi connectivity index (χ2v) is 5.40. The Bertz CT molecular complexity index is 459. The van der Waals surface area contributed by atoms with Crippen molar-refractivity contribution < 1.29 is 4.74 Å². The summed E-state index contributed by atoms with van der Waals surface area (Å²) in [5.41, 5.74) is 0. The zero-order chi connectivity index (χ0) is 16.3. The fraction of sp³-hybridized carbons (Fsp3) is 0.688. The fourth-order valence-electron chi connectivity index (χ4n) is 2.58. The number of rotatable bonds is 7. The zero-order valence-corrected chi connectivity index (χ0v) is 14.2. The van der Waals surface area contributed by atoms with Crippen LogP contribution in [-0.2, 0) is 4.74 Å². The van der Waals surface area contributed by atoms with Gasteiger partial charge in [0.2, 0.25) is 5.95 Å². The van der Waals surface area contributed by atoms with Crippen molar-refractivity contribution in [1.29, 1.82) is 0 Å². The summed E-state index contributed by atoms with van der Waals surface area (Å²) >= 11 is 0. The van der Waals surface area contributed by atoms with E-state index in [1.165, 1.54) is 0 Å². The van der Waals surface area contributed by atoms with Gasteiger partial charge in [0.05, 0.1) is 0 Å². The van der Waals surface area contributed by atoms with E-state index in [9.17, 15) is 0 Å². The molecule has 1 N–H and O–H groups in total. The average Bonchev–Trinajstić information content (AvgIpc) is 2.62. The maximum atomic E-state index is 5.35. The summed E-state index contributed by atoms with van der Waals surface area (Å²) in [4.78, 5) is 17.5. The molecule has 2 rings (SSSR count). The average molecular weight is 320 g/mol. The van der Waals surface area contributed by atoms with E-state index >= 15 is 0 Å². The van der Waals surface area contributed by atoms with E-state index < -0.39 is 0 Å². The van der Waals surface area contributed by atoms with Crippen LogP contribution in [0.4, 0.5) is 5.95 Å². The number of anilines is 1. The van der Waals surface area contributed by atoms with Crippen molar-refractivity contribution in [3.63, 3.8) is 0 Å². The number of aliphatic imine (C=N–C) groups is 1. The molecule has 0 spiro atoms. The Morgan fingerprint density at radius 2 is 1.96 bits per heavy atom. The number of guanidine groups is 1. The topological polar surface area (TPSA) is 65.9 Å². The standard InChI is InChI=1S/C16H28N6O/c1-3-23-14-5-4-7-18-15(17-2)21-10-12-22(13-11-21)16-19-8-6-9-20-16/h6,8-9H,3-5,7,10-14H2,1-2H3,(H,17,18). The third-order valence-corrected chi connectivity index (χ3v) is 3.83. The summed E-state index contributed by atoms with van der Waals surface area (Å²) in [6.07, 6.45) is 5.75. The Morgan fingerprint density at radius 3 is 2.61 bits per heavy atom. The van der Waals surface area contributed by atoms with Crippen molar-refractivity contribution in [2.45, 2.75) is 19.8 Å². The first kappa shape index (κ1) is 17.5. The van der Waals surface area contributed by atoms with Crippen molar-refractivity contribution in [1.82, 2.24) is 20.2 Å². The molecular weight excluding hydrogens is 292 g/mol. The van der Waals surface area contributed by atoms with Crippen LogP contribution in [0.1, 0.15) is 19.8 Å². The number of ether oxygens (including phenoxy) is 1. The predicted molar refractivity (Wildman–Crippen MR) is 92.9 cm³/mol. The monoisotopic (exact) mass is 320 g/mol. The highest BCUT2D eigenvalue weighted by atomic mass is 16.5. The van der Waals surface area contributed by atoms with Gasteiger partial charge in [0.25, 0.3) is 0 Å². The van der Waals surface area contributed by atoms with Crippen LogP contribution in [0.3, 0.4) is 0 Å². The number of nitrogens with zero attached hydrogens (tertiary/aromatic N) is 5.